The van der Waals surface area contributed by atoms with Crippen LogP contribution >= 0.6 is 0 Å². The van der Waals surface area contributed by atoms with Crippen LogP contribution in [0.1, 0.15) is 52.3 Å². The average molecular weight is 251 g/mol. The van der Waals surface area contributed by atoms with E-state index in [-0.39, 0.29) is 0 Å². The second-order valence-corrected chi connectivity index (χ2v) is 6.84. The SMILES string of the molecule is Cn1ncnc1CC1(O)CCC(C(C)(C)C)CC1. The Bertz CT molecular complexity index is 397. The van der Waals surface area contributed by atoms with Crippen LogP contribution in [0.25, 0.3) is 0 Å². The van der Waals surface area contributed by atoms with Crippen LogP contribution < -0.4 is 0 Å². The zero-order valence-electron chi connectivity index (χ0n) is 12.0. The Kier molecular flexibility index (Phi) is 3.49. The molecule has 4 heteroatoms. The monoisotopic (exact) mass is 251 g/mol. The summed E-state index contributed by atoms with van der Waals surface area (Å²) in [6, 6.07) is 0. The van der Waals surface area contributed by atoms with Gasteiger partial charge in [0.25, 0.3) is 0 Å². The number of nitrogens with zero attached hydrogens (tertiary/aromatic N) is 3. The van der Waals surface area contributed by atoms with Gasteiger partial charge in [0.1, 0.15) is 12.2 Å². The van der Waals surface area contributed by atoms with Crippen LogP contribution in [0, 0.1) is 11.3 Å². The van der Waals surface area contributed by atoms with Crippen LogP contribution in [0.15, 0.2) is 6.33 Å². The number of aryl methyl sites for hydroxylation is 1. The Morgan fingerprint density at radius 3 is 2.44 bits per heavy atom. The molecule has 4 nitrogen and oxygen atoms in total. The second kappa shape index (κ2) is 4.65. The molecule has 1 aromatic heterocycles. The number of aliphatic hydroxyl groups is 1. The van der Waals surface area contributed by atoms with E-state index in [4.69, 9.17) is 0 Å². The fraction of sp³-hybridized carbons (Fsp3) is 0.857. The summed E-state index contributed by atoms with van der Waals surface area (Å²) in [4.78, 5) is 4.21. The van der Waals surface area contributed by atoms with Crippen molar-refractivity contribution in [3.63, 3.8) is 0 Å². The van der Waals surface area contributed by atoms with E-state index in [9.17, 15) is 5.11 Å². The van der Waals surface area contributed by atoms with Gasteiger partial charge >= 0.3 is 0 Å². The van der Waals surface area contributed by atoms with E-state index < -0.39 is 5.60 Å². The molecule has 1 heterocycles. The van der Waals surface area contributed by atoms with Crippen molar-refractivity contribution >= 4 is 0 Å². The molecule has 1 aromatic rings. The lowest BCUT2D eigenvalue weighted by Crippen LogP contribution is -2.39. The summed E-state index contributed by atoms with van der Waals surface area (Å²) in [5, 5.41) is 14.7. The van der Waals surface area contributed by atoms with E-state index in [0.717, 1.165) is 37.4 Å². The van der Waals surface area contributed by atoms with E-state index >= 15 is 0 Å². The summed E-state index contributed by atoms with van der Waals surface area (Å²) in [6.07, 6.45) is 6.15. The Labute approximate surface area is 109 Å². The highest BCUT2D eigenvalue weighted by Gasteiger charge is 2.38. The largest absolute Gasteiger partial charge is 0.389 e. The van der Waals surface area contributed by atoms with E-state index in [0.29, 0.717) is 11.8 Å². The van der Waals surface area contributed by atoms with Gasteiger partial charge in [0.2, 0.25) is 0 Å². The summed E-state index contributed by atoms with van der Waals surface area (Å²) in [5.74, 6) is 1.60. The average Bonchev–Trinajstić information content (AvgIpc) is 2.63. The topological polar surface area (TPSA) is 50.9 Å². The highest BCUT2D eigenvalue weighted by Crippen LogP contribution is 2.42. The summed E-state index contributed by atoms with van der Waals surface area (Å²) < 4.78 is 1.76. The van der Waals surface area contributed by atoms with Gasteiger partial charge in [0.15, 0.2) is 0 Å². The third-order valence-corrected chi connectivity index (χ3v) is 4.43. The third-order valence-electron chi connectivity index (χ3n) is 4.43. The molecule has 0 spiro atoms. The van der Waals surface area contributed by atoms with Gasteiger partial charge in [-0.2, -0.15) is 5.10 Å². The van der Waals surface area contributed by atoms with Crippen LogP contribution in [-0.2, 0) is 13.5 Å². The number of aromatic nitrogens is 3. The van der Waals surface area contributed by atoms with Crippen molar-refractivity contribution in [3.8, 4) is 0 Å². The van der Waals surface area contributed by atoms with Crippen molar-refractivity contribution in [2.24, 2.45) is 18.4 Å². The second-order valence-electron chi connectivity index (χ2n) is 6.84. The Balaban J connectivity index is 1.97. The fourth-order valence-electron chi connectivity index (χ4n) is 2.97. The lowest BCUT2D eigenvalue weighted by molar-refractivity contribution is -0.0264. The molecule has 0 bridgehead atoms. The maximum Gasteiger partial charge on any atom is 0.138 e. The molecular weight excluding hydrogens is 226 g/mol. The van der Waals surface area contributed by atoms with Crippen molar-refractivity contribution in [1.29, 1.82) is 0 Å². The van der Waals surface area contributed by atoms with Gasteiger partial charge in [-0.3, -0.25) is 4.68 Å². The highest BCUT2D eigenvalue weighted by molar-refractivity contribution is 4.97. The first-order chi connectivity index (χ1) is 8.30. The van der Waals surface area contributed by atoms with Gasteiger partial charge in [-0.25, -0.2) is 4.98 Å². The van der Waals surface area contributed by atoms with Crippen LogP contribution in [0.2, 0.25) is 0 Å². The standard InChI is InChI=1S/C14H25N3O/c1-13(2,3)11-5-7-14(18,8-6-11)9-12-15-10-16-17(12)4/h10-11,18H,5-9H2,1-4H3. The maximum absolute atomic E-state index is 10.7. The van der Waals surface area contributed by atoms with E-state index in [1.165, 1.54) is 0 Å². The third kappa shape index (κ3) is 2.91. The Morgan fingerprint density at radius 2 is 2.00 bits per heavy atom. The minimum absolute atomic E-state index is 0.353. The summed E-state index contributed by atoms with van der Waals surface area (Å²) >= 11 is 0. The number of rotatable bonds is 2. The summed E-state index contributed by atoms with van der Waals surface area (Å²) in [6.45, 7) is 6.89. The summed E-state index contributed by atoms with van der Waals surface area (Å²) in [7, 11) is 1.88. The Morgan fingerprint density at radius 1 is 1.39 bits per heavy atom. The van der Waals surface area contributed by atoms with E-state index in [1.807, 2.05) is 7.05 Å². The van der Waals surface area contributed by atoms with Gasteiger partial charge in [-0.05, 0) is 37.0 Å². The zero-order chi connectivity index (χ0) is 13.4. The molecule has 0 saturated heterocycles. The molecule has 0 amide bonds. The first-order valence-corrected chi connectivity index (χ1v) is 6.85. The van der Waals surface area contributed by atoms with Crippen molar-refractivity contribution in [2.75, 3.05) is 0 Å². The normalized spacial score (nSPS) is 29.5. The lowest BCUT2D eigenvalue weighted by atomic mass is 9.67. The van der Waals surface area contributed by atoms with Crippen LogP contribution in [-0.4, -0.2) is 25.5 Å². The number of hydrogen-bond acceptors (Lipinski definition) is 3. The van der Waals surface area contributed by atoms with Crippen LogP contribution in [0.3, 0.4) is 0 Å². The van der Waals surface area contributed by atoms with Crippen molar-refractivity contribution < 1.29 is 5.11 Å². The summed E-state index contributed by atoms with van der Waals surface area (Å²) in [5.41, 5.74) is -0.228. The molecule has 0 atom stereocenters. The van der Waals surface area contributed by atoms with Gasteiger partial charge in [0, 0.05) is 13.5 Å². The zero-order valence-corrected chi connectivity index (χ0v) is 12.0. The van der Waals surface area contributed by atoms with Gasteiger partial charge in [-0.15, -0.1) is 0 Å². The Hall–Kier alpha value is -0.900. The predicted molar refractivity (Wildman–Crippen MR) is 71.1 cm³/mol. The van der Waals surface area contributed by atoms with Crippen molar-refractivity contribution in [3.05, 3.63) is 12.2 Å². The molecule has 1 N–H and O–H groups in total. The fourth-order valence-corrected chi connectivity index (χ4v) is 2.97. The minimum atomic E-state index is -0.581. The number of hydrogen-bond donors (Lipinski definition) is 1. The predicted octanol–water partition coefficient (Wildman–Crippen LogP) is 2.33. The van der Waals surface area contributed by atoms with Crippen LogP contribution in [0.5, 0.6) is 0 Å². The molecule has 1 saturated carbocycles. The van der Waals surface area contributed by atoms with Gasteiger partial charge in [0.05, 0.1) is 5.60 Å². The molecule has 18 heavy (non-hydrogen) atoms. The molecule has 0 unspecified atom stereocenters. The lowest BCUT2D eigenvalue weighted by Gasteiger charge is -2.41. The molecular formula is C14H25N3O. The van der Waals surface area contributed by atoms with Gasteiger partial charge < -0.3 is 5.11 Å². The smallest absolute Gasteiger partial charge is 0.138 e. The molecule has 0 radical (unpaired) electrons. The van der Waals surface area contributed by atoms with E-state index in [1.54, 1.807) is 11.0 Å². The molecule has 1 fully saturated rings. The molecule has 1 aliphatic rings. The molecule has 1 aliphatic carbocycles. The van der Waals surface area contributed by atoms with Crippen LogP contribution in [0.4, 0.5) is 0 Å². The minimum Gasteiger partial charge on any atom is -0.389 e. The quantitative estimate of drug-likeness (QED) is 0.877. The van der Waals surface area contributed by atoms with Crippen molar-refractivity contribution in [1.82, 2.24) is 14.8 Å². The molecule has 102 valence electrons. The molecule has 0 aromatic carbocycles. The first-order valence-electron chi connectivity index (χ1n) is 6.85. The van der Waals surface area contributed by atoms with Gasteiger partial charge in [-0.1, -0.05) is 20.8 Å². The maximum atomic E-state index is 10.7. The van der Waals surface area contributed by atoms with E-state index in [2.05, 4.69) is 30.9 Å². The first kappa shape index (κ1) is 13.5. The molecule has 2 rings (SSSR count). The van der Waals surface area contributed by atoms with Crippen molar-refractivity contribution in [2.45, 2.75) is 58.5 Å². The molecule has 0 aliphatic heterocycles. The highest BCUT2D eigenvalue weighted by atomic mass is 16.3.